The summed E-state index contributed by atoms with van der Waals surface area (Å²) in [6, 6.07) is 0. The maximum absolute atomic E-state index is 4.44. The van der Waals surface area contributed by atoms with Crippen molar-refractivity contribution in [1.82, 2.24) is 0 Å². The Morgan fingerprint density at radius 3 is 2.58 bits per heavy atom. The summed E-state index contributed by atoms with van der Waals surface area (Å²) >= 11 is 6.36. The molecule has 0 aromatic carbocycles. The van der Waals surface area contributed by atoms with Crippen LogP contribution in [0.15, 0.2) is 25.3 Å². The van der Waals surface area contributed by atoms with Crippen molar-refractivity contribution in [3.63, 3.8) is 0 Å². The number of thiol groups is 1. The van der Waals surface area contributed by atoms with Gasteiger partial charge in [-0.05, 0) is 12.8 Å². The van der Waals surface area contributed by atoms with Crippen LogP contribution in [0.1, 0.15) is 19.8 Å². The number of rotatable bonds is 7. The van der Waals surface area contributed by atoms with Gasteiger partial charge in [0.2, 0.25) is 0 Å². The smallest absolute Gasteiger partial charge is 0.0222 e. The second-order valence-corrected chi connectivity index (χ2v) is 4.70. The molecule has 0 N–H and O–H groups in total. The number of hydrogen-bond donors (Lipinski definition) is 1. The highest BCUT2D eigenvalue weighted by Gasteiger charge is 2.05. The van der Waals surface area contributed by atoms with E-state index in [1.807, 2.05) is 23.9 Å². The zero-order valence-corrected chi connectivity index (χ0v) is 9.41. The Kier molecular flexibility index (Phi) is 7.93. The first-order valence-electron chi connectivity index (χ1n) is 4.27. The molecule has 70 valence electrons. The van der Waals surface area contributed by atoms with Crippen LogP contribution in [0.2, 0.25) is 0 Å². The fourth-order valence-corrected chi connectivity index (χ4v) is 2.23. The van der Waals surface area contributed by atoms with E-state index >= 15 is 0 Å². The van der Waals surface area contributed by atoms with Crippen molar-refractivity contribution in [2.45, 2.75) is 30.3 Å². The highest BCUT2D eigenvalue weighted by Crippen LogP contribution is 2.19. The van der Waals surface area contributed by atoms with Gasteiger partial charge in [-0.2, -0.15) is 24.4 Å². The molecule has 0 rings (SSSR count). The van der Waals surface area contributed by atoms with E-state index in [-0.39, 0.29) is 0 Å². The van der Waals surface area contributed by atoms with Crippen molar-refractivity contribution in [2.24, 2.45) is 0 Å². The predicted octanol–water partition coefficient (Wildman–Crippen LogP) is 3.56. The van der Waals surface area contributed by atoms with E-state index in [2.05, 4.69) is 32.7 Å². The largest absolute Gasteiger partial charge is 0.175 e. The first-order chi connectivity index (χ1) is 5.74. The van der Waals surface area contributed by atoms with Crippen LogP contribution >= 0.6 is 24.4 Å². The maximum Gasteiger partial charge on any atom is 0.0222 e. The monoisotopic (exact) mass is 202 g/mol. The van der Waals surface area contributed by atoms with Crippen LogP contribution in [-0.4, -0.2) is 16.3 Å². The lowest BCUT2D eigenvalue weighted by molar-refractivity contribution is 0.959. The van der Waals surface area contributed by atoms with E-state index in [0.29, 0.717) is 10.5 Å². The van der Waals surface area contributed by atoms with E-state index in [1.165, 1.54) is 0 Å². The average molecular weight is 202 g/mol. The average Bonchev–Trinajstić information content (AvgIpc) is 2.07. The summed E-state index contributed by atoms with van der Waals surface area (Å²) in [5.74, 6) is 1.08. The van der Waals surface area contributed by atoms with Gasteiger partial charge in [-0.25, -0.2) is 0 Å². The molecule has 2 unspecified atom stereocenters. The predicted molar refractivity (Wildman–Crippen MR) is 64.3 cm³/mol. The van der Waals surface area contributed by atoms with Gasteiger partial charge in [-0.3, -0.25) is 0 Å². The van der Waals surface area contributed by atoms with E-state index in [4.69, 9.17) is 0 Å². The molecule has 0 aromatic heterocycles. The Labute approximate surface area is 85.9 Å². The van der Waals surface area contributed by atoms with Gasteiger partial charge in [0.05, 0.1) is 0 Å². The molecule has 2 atom stereocenters. The van der Waals surface area contributed by atoms with Crippen LogP contribution < -0.4 is 0 Å². The minimum atomic E-state index is 0.446. The Morgan fingerprint density at radius 1 is 1.50 bits per heavy atom. The molecule has 0 aliphatic heterocycles. The van der Waals surface area contributed by atoms with Gasteiger partial charge in [-0.15, -0.1) is 13.2 Å². The van der Waals surface area contributed by atoms with Crippen molar-refractivity contribution in [3.05, 3.63) is 25.3 Å². The van der Waals surface area contributed by atoms with Gasteiger partial charge in [0.15, 0.2) is 0 Å². The number of hydrogen-bond acceptors (Lipinski definition) is 2. The fraction of sp³-hybridized carbons (Fsp3) is 0.600. The van der Waals surface area contributed by atoms with Crippen molar-refractivity contribution < 1.29 is 0 Å². The van der Waals surface area contributed by atoms with Crippen molar-refractivity contribution >= 4 is 24.4 Å². The van der Waals surface area contributed by atoms with Crippen LogP contribution in [-0.2, 0) is 0 Å². The number of thioether (sulfide) groups is 1. The highest BCUT2D eigenvalue weighted by molar-refractivity contribution is 8.00. The summed E-state index contributed by atoms with van der Waals surface area (Å²) in [4.78, 5) is 0. The third kappa shape index (κ3) is 5.78. The van der Waals surface area contributed by atoms with Crippen molar-refractivity contribution in [2.75, 3.05) is 5.75 Å². The molecular weight excluding hydrogens is 184 g/mol. The molecule has 0 bridgehead atoms. The van der Waals surface area contributed by atoms with Gasteiger partial charge in [-0.1, -0.05) is 19.1 Å². The Hall–Kier alpha value is 0.180. The summed E-state index contributed by atoms with van der Waals surface area (Å²) in [6.45, 7) is 9.66. The van der Waals surface area contributed by atoms with Gasteiger partial charge >= 0.3 is 0 Å². The van der Waals surface area contributed by atoms with Crippen molar-refractivity contribution in [1.29, 1.82) is 0 Å². The molecule has 0 heterocycles. The summed E-state index contributed by atoms with van der Waals surface area (Å²) in [7, 11) is 0. The normalized spacial score (nSPS) is 15.2. The summed E-state index contributed by atoms with van der Waals surface area (Å²) in [6.07, 6.45) is 6.08. The third-order valence-electron chi connectivity index (χ3n) is 1.61. The topological polar surface area (TPSA) is 0 Å². The standard InChI is InChI=1S/C10H18S2/c1-4-7-9(11)8-12-10(5-2)6-3/h4-5,9-11H,1-2,6-8H2,3H3. The van der Waals surface area contributed by atoms with Crippen LogP contribution in [0.3, 0.4) is 0 Å². The zero-order chi connectivity index (χ0) is 9.40. The van der Waals surface area contributed by atoms with E-state index in [9.17, 15) is 0 Å². The highest BCUT2D eigenvalue weighted by atomic mass is 32.2. The van der Waals surface area contributed by atoms with E-state index in [0.717, 1.165) is 18.6 Å². The van der Waals surface area contributed by atoms with Gasteiger partial charge in [0.25, 0.3) is 0 Å². The lowest BCUT2D eigenvalue weighted by Crippen LogP contribution is -2.05. The molecule has 0 aromatic rings. The molecule has 0 aliphatic rings. The van der Waals surface area contributed by atoms with Crippen LogP contribution in [0.5, 0.6) is 0 Å². The molecule has 0 spiro atoms. The molecule has 0 fully saturated rings. The lowest BCUT2D eigenvalue weighted by Gasteiger charge is -2.12. The first kappa shape index (κ1) is 12.2. The molecule has 12 heavy (non-hydrogen) atoms. The van der Waals surface area contributed by atoms with Gasteiger partial charge < -0.3 is 0 Å². The second-order valence-electron chi connectivity index (χ2n) is 2.69. The third-order valence-corrected chi connectivity index (χ3v) is 3.80. The van der Waals surface area contributed by atoms with Gasteiger partial charge in [0, 0.05) is 16.3 Å². The minimum Gasteiger partial charge on any atom is -0.175 e. The van der Waals surface area contributed by atoms with E-state index < -0.39 is 0 Å². The SMILES string of the molecule is C=CCC(S)CSC(C=C)CC. The first-order valence-corrected chi connectivity index (χ1v) is 5.84. The van der Waals surface area contributed by atoms with Gasteiger partial charge in [0.1, 0.15) is 0 Å². The lowest BCUT2D eigenvalue weighted by atomic mass is 10.3. The fourth-order valence-electron chi connectivity index (χ4n) is 0.848. The van der Waals surface area contributed by atoms with Crippen molar-refractivity contribution in [3.8, 4) is 0 Å². The van der Waals surface area contributed by atoms with E-state index in [1.54, 1.807) is 0 Å². The molecule has 2 heteroatoms. The second kappa shape index (κ2) is 7.81. The Balaban J connectivity index is 3.50. The molecule has 0 aliphatic carbocycles. The summed E-state index contributed by atoms with van der Waals surface area (Å²) in [5, 5.41) is 1.03. The number of allylic oxidation sites excluding steroid dienone is 1. The molecule has 0 radical (unpaired) electrons. The minimum absolute atomic E-state index is 0.446. The summed E-state index contributed by atoms with van der Waals surface area (Å²) in [5.41, 5.74) is 0. The molecule has 0 saturated carbocycles. The molecule has 0 saturated heterocycles. The molecule has 0 nitrogen and oxygen atoms in total. The summed E-state index contributed by atoms with van der Waals surface area (Å²) < 4.78 is 0. The molecule has 0 amide bonds. The van der Waals surface area contributed by atoms with Crippen LogP contribution in [0, 0.1) is 0 Å². The maximum atomic E-state index is 4.44. The quantitative estimate of drug-likeness (QED) is 0.486. The zero-order valence-electron chi connectivity index (χ0n) is 7.70. The van der Waals surface area contributed by atoms with Crippen LogP contribution in [0.25, 0.3) is 0 Å². The van der Waals surface area contributed by atoms with Crippen LogP contribution in [0.4, 0.5) is 0 Å². The Bertz CT molecular complexity index is 132. The molecular formula is C10H18S2. The Morgan fingerprint density at radius 2 is 2.17 bits per heavy atom.